The lowest BCUT2D eigenvalue weighted by Gasteiger charge is -2.00. The highest BCUT2D eigenvalue weighted by molar-refractivity contribution is 5.06. The molecule has 0 aliphatic heterocycles. The smallest absolute Gasteiger partial charge is 0.125 e. The third-order valence-electron chi connectivity index (χ3n) is 1.96. The maximum absolute atomic E-state index is 8.96. The minimum absolute atomic E-state index is 0.0628. The van der Waals surface area contributed by atoms with Crippen molar-refractivity contribution in [3.8, 4) is 0 Å². The first-order valence-corrected chi connectivity index (χ1v) is 4.33. The van der Waals surface area contributed by atoms with Gasteiger partial charge in [0.15, 0.2) is 0 Å². The van der Waals surface area contributed by atoms with Crippen LogP contribution in [0.15, 0.2) is 22.7 Å². The summed E-state index contributed by atoms with van der Waals surface area (Å²) in [6.07, 6.45) is 1.54. The minimum atomic E-state index is -0.0628. The summed E-state index contributed by atoms with van der Waals surface area (Å²) in [5.74, 6) is 1.67. The van der Waals surface area contributed by atoms with Gasteiger partial charge >= 0.3 is 0 Å². The number of hydrogen-bond donors (Lipinski definition) is 1. The Balaban J connectivity index is 2.18. The summed E-state index contributed by atoms with van der Waals surface area (Å²) in [5.41, 5.74) is 0.680. The maximum Gasteiger partial charge on any atom is 0.125 e. The fourth-order valence-corrected chi connectivity index (χ4v) is 1.25. The molecule has 1 N–H and O–H groups in total. The van der Waals surface area contributed by atoms with Gasteiger partial charge in [0.2, 0.25) is 0 Å². The van der Waals surface area contributed by atoms with E-state index in [-0.39, 0.29) is 6.61 Å². The average Bonchev–Trinajstić information content (AvgIpc) is 2.76. The van der Waals surface area contributed by atoms with E-state index in [1.165, 1.54) is 6.20 Å². The number of rotatable bonds is 3. The zero-order chi connectivity index (χ0) is 9.97. The van der Waals surface area contributed by atoms with Crippen LogP contribution in [-0.4, -0.2) is 20.1 Å². The molecular formula is C9H11N3O2. The molecule has 0 radical (unpaired) electrons. The van der Waals surface area contributed by atoms with Gasteiger partial charge in [-0.05, 0) is 19.1 Å². The van der Waals surface area contributed by atoms with Crippen LogP contribution in [0.5, 0.6) is 0 Å². The van der Waals surface area contributed by atoms with Crippen molar-refractivity contribution in [1.29, 1.82) is 0 Å². The van der Waals surface area contributed by atoms with Crippen molar-refractivity contribution in [3.05, 3.63) is 35.5 Å². The van der Waals surface area contributed by atoms with E-state index in [2.05, 4.69) is 10.3 Å². The van der Waals surface area contributed by atoms with Gasteiger partial charge in [0.25, 0.3) is 0 Å². The molecule has 5 nitrogen and oxygen atoms in total. The van der Waals surface area contributed by atoms with Crippen molar-refractivity contribution < 1.29 is 9.52 Å². The molecule has 2 rings (SSSR count). The van der Waals surface area contributed by atoms with E-state index >= 15 is 0 Å². The fourth-order valence-electron chi connectivity index (χ4n) is 1.25. The van der Waals surface area contributed by atoms with Gasteiger partial charge in [0, 0.05) is 0 Å². The predicted molar refractivity (Wildman–Crippen MR) is 48.5 cm³/mol. The largest absolute Gasteiger partial charge is 0.464 e. The lowest BCUT2D eigenvalue weighted by atomic mass is 10.4. The molecule has 0 spiro atoms. The molecule has 2 heterocycles. The van der Waals surface area contributed by atoms with Gasteiger partial charge in [-0.25, -0.2) is 4.68 Å². The highest BCUT2D eigenvalue weighted by Crippen LogP contribution is 2.08. The van der Waals surface area contributed by atoms with Crippen molar-refractivity contribution in [2.75, 3.05) is 0 Å². The van der Waals surface area contributed by atoms with Crippen LogP contribution in [0.3, 0.4) is 0 Å². The summed E-state index contributed by atoms with van der Waals surface area (Å²) in [6.45, 7) is 2.33. The fraction of sp³-hybridized carbons (Fsp3) is 0.333. The highest BCUT2D eigenvalue weighted by atomic mass is 16.3. The van der Waals surface area contributed by atoms with E-state index in [1.54, 1.807) is 4.68 Å². The zero-order valence-electron chi connectivity index (χ0n) is 7.84. The Morgan fingerprint density at radius 2 is 2.36 bits per heavy atom. The Labute approximate surface area is 81.0 Å². The van der Waals surface area contributed by atoms with E-state index in [0.717, 1.165) is 11.5 Å². The molecule has 0 unspecified atom stereocenters. The first kappa shape index (κ1) is 8.96. The lowest BCUT2D eigenvalue weighted by molar-refractivity contribution is 0.267. The summed E-state index contributed by atoms with van der Waals surface area (Å²) in [5, 5.41) is 16.5. The van der Waals surface area contributed by atoms with E-state index in [0.29, 0.717) is 12.2 Å². The number of aliphatic hydroxyl groups is 1. The number of aliphatic hydroxyl groups excluding tert-OH is 1. The molecule has 0 amide bonds. The second-order valence-electron chi connectivity index (χ2n) is 3.05. The summed E-state index contributed by atoms with van der Waals surface area (Å²) in [7, 11) is 0. The van der Waals surface area contributed by atoms with Crippen LogP contribution in [0.4, 0.5) is 0 Å². The van der Waals surface area contributed by atoms with Crippen molar-refractivity contribution in [3.63, 3.8) is 0 Å². The van der Waals surface area contributed by atoms with Crippen LogP contribution in [0, 0.1) is 6.92 Å². The van der Waals surface area contributed by atoms with Gasteiger partial charge in [-0.1, -0.05) is 5.21 Å². The molecule has 0 atom stereocenters. The van der Waals surface area contributed by atoms with Crippen molar-refractivity contribution in [1.82, 2.24) is 15.0 Å². The number of nitrogens with zero attached hydrogens (tertiary/aromatic N) is 3. The zero-order valence-corrected chi connectivity index (χ0v) is 7.84. The van der Waals surface area contributed by atoms with E-state index in [1.807, 2.05) is 19.1 Å². The monoisotopic (exact) mass is 193 g/mol. The molecule has 0 aliphatic rings. The van der Waals surface area contributed by atoms with Crippen molar-refractivity contribution in [2.24, 2.45) is 0 Å². The molecule has 0 saturated heterocycles. The molecule has 0 bridgehead atoms. The summed E-state index contributed by atoms with van der Waals surface area (Å²) in [4.78, 5) is 0. The Bertz CT molecular complexity index is 419. The molecule has 2 aromatic heterocycles. The van der Waals surface area contributed by atoms with Crippen molar-refractivity contribution in [2.45, 2.75) is 20.1 Å². The van der Waals surface area contributed by atoms with Crippen LogP contribution < -0.4 is 0 Å². The molecule has 0 aromatic carbocycles. The van der Waals surface area contributed by atoms with Crippen LogP contribution in [0.2, 0.25) is 0 Å². The SMILES string of the molecule is Cc1ccc(Cn2nncc2CO)o1. The Hall–Kier alpha value is -1.62. The summed E-state index contributed by atoms with van der Waals surface area (Å²) >= 11 is 0. The first-order valence-electron chi connectivity index (χ1n) is 4.33. The summed E-state index contributed by atoms with van der Waals surface area (Å²) in [6, 6.07) is 3.78. The van der Waals surface area contributed by atoms with Gasteiger partial charge in [-0.15, -0.1) is 5.10 Å². The molecule has 0 saturated carbocycles. The molecule has 74 valence electrons. The van der Waals surface area contributed by atoms with Gasteiger partial charge in [0.05, 0.1) is 18.5 Å². The third kappa shape index (κ3) is 1.67. The first-order chi connectivity index (χ1) is 6.79. The Kier molecular flexibility index (Phi) is 2.32. The Morgan fingerprint density at radius 1 is 1.50 bits per heavy atom. The van der Waals surface area contributed by atoms with E-state index in [9.17, 15) is 0 Å². The normalized spacial score (nSPS) is 10.7. The molecule has 0 fully saturated rings. The minimum Gasteiger partial charge on any atom is -0.464 e. The van der Waals surface area contributed by atoms with Crippen LogP contribution in [0.25, 0.3) is 0 Å². The topological polar surface area (TPSA) is 64.1 Å². The molecule has 0 aliphatic carbocycles. The van der Waals surface area contributed by atoms with Gasteiger partial charge in [-0.2, -0.15) is 0 Å². The van der Waals surface area contributed by atoms with Gasteiger partial charge < -0.3 is 9.52 Å². The number of aromatic nitrogens is 3. The van der Waals surface area contributed by atoms with E-state index in [4.69, 9.17) is 9.52 Å². The average molecular weight is 193 g/mol. The maximum atomic E-state index is 8.96. The van der Waals surface area contributed by atoms with Crippen LogP contribution in [0.1, 0.15) is 17.2 Å². The van der Waals surface area contributed by atoms with Crippen LogP contribution >= 0.6 is 0 Å². The van der Waals surface area contributed by atoms with Gasteiger partial charge in [0.1, 0.15) is 18.1 Å². The molecule has 2 aromatic rings. The predicted octanol–water partition coefficient (Wildman–Crippen LogP) is 0.720. The number of furan rings is 1. The Morgan fingerprint density at radius 3 is 3.00 bits per heavy atom. The molecular weight excluding hydrogens is 182 g/mol. The second-order valence-corrected chi connectivity index (χ2v) is 3.05. The number of hydrogen-bond acceptors (Lipinski definition) is 4. The lowest BCUT2D eigenvalue weighted by Crippen LogP contribution is -2.05. The number of aryl methyl sites for hydroxylation is 1. The third-order valence-corrected chi connectivity index (χ3v) is 1.96. The standard InChI is InChI=1S/C9H11N3O2/c1-7-2-3-9(14-7)5-12-8(6-13)4-10-11-12/h2-4,13H,5-6H2,1H3. The molecule has 5 heteroatoms. The highest BCUT2D eigenvalue weighted by Gasteiger charge is 2.05. The second kappa shape index (κ2) is 3.63. The summed E-state index contributed by atoms with van der Waals surface area (Å²) < 4.78 is 7.00. The molecule has 14 heavy (non-hydrogen) atoms. The van der Waals surface area contributed by atoms with Crippen molar-refractivity contribution >= 4 is 0 Å². The van der Waals surface area contributed by atoms with E-state index < -0.39 is 0 Å². The van der Waals surface area contributed by atoms with Gasteiger partial charge in [-0.3, -0.25) is 0 Å². The quantitative estimate of drug-likeness (QED) is 0.780. The van der Waals surface area contributed by atoms with Crippen LogP contribution in [-0.2, 0) is 13.2 Å².